The number of ether oxygens (including phenoxy) is 1. The van der Waals surface area contributed by atoms with Crippen molar-refractivity contribution in [2.45, 2.75) is 56.7 Å². The minimum Gasteiger partial charge on any atom is -0.497 e. The largest absolute Gasteiger partial charge is 0.497 e. The molecule has 0 bridgehead atoms. The molecular formula is C22H28O3. The highest BCUT2D eigenvalue weighted by Gasteiger charge is 2.64. The van der Waals surface area contributed by atoms with Gasteiger partial charge in [0.05, 0.1) is 13.2 Å². The molecule has 0 unspecified atom stereocenters. The standard InChI is InChI=1S/C22H28O3/c1-4-10-22(24)20(23)13-19-18-7-5-14-12-15(25-3)6-8-16(14)17(18)9-11-21(19,22)2/h6,8,10,12,17-20,23-24H,1,5,7,9,11,13H2,2-3H3/t17-,18-,19+,20-,21+,22+/m1/s1. The highest BCUT2D eigenvalue weighted by Crippen LogP contribution is 2.64. The van der Waals surface area contributed by atoms with Crippen LogP contribution in [0.5, 0.6) is 5.75 Å². The fraction of sp³-hybridized carbons (Fsp3) is 0.591. The van der Waals surface area contributed by atoms with Crippen LogP contribution in [0.25, 0.3) is 0 Å². The molecule has 1 aromatic carbocycles. The van der Waals surface area contributed by atoms with Gasteiger partial charge in [0, 0.05) is 5.41 Å². The lowest BCUT2D eigenvalue weighted by Crippen LogP contribution is -2.52. The first kappa shape index (κ1) is 16.9. The molecule has 134 valence electrons. The molecule has 6 atom stereocenters. The van der Waals surface area contributed by atoms with Crippen LogP contribution < -0.4 is 4.74 Å². The molecule has 3 nitrogen and oxygen atoms in total. The summed E-state index contributed by atoms with van der Waals surface area (Å²) in [6.07, 6.45) is 5.68. The molecule has 1 aromatic rings. The van der Waals surface area contributed by atoms with E-state index in [2.05, 4.69) is 37.4 Å². The number of aliphatic hydroxyl groups excluding tert-OH is 1. The normalized spacial score (nSPS) is 41.9. The minimum absolute atomic E-state index is 0.303. The van der Waals surface area contributed by atoms with Gasteiger partial charge in [0.1, 0.15) is 11.4 Å². The molecule has 0 aliphatic heterocycles. The van der Waals surface area contributed by atoms with Crippen molar-refractivity contribution < 1.29 is 14.9 Å². The SMILES string of the molecule is C=C=C[C@]1(O)[C@H](O)C[C@H]2[C@@H]3CCc4cc(OC)ccc4[C@H]3CC[C@@]21C. The Morgan fingerprint density at radius 1 is 1.36 bits per heavy atom. The van der Waals surface area contributed by atoms with E-state index in [0.29, 0.717) is 24.2 Å². The molecule has 2 N–H and O–H groups in total. The van der Waals surface area contributed by atoms with Crippen molar-refractivity contribution in [2.24, 2.45) is 17.3 Å². The maximum atomic E-state index is 11.2. The lowest BCUT2D eigenvalue weighted by molar-refractivity contribution is -0.107. The molecular weight excluding hydrogens is 312 g/mol. The number of benzene rings is 1. The fourth-order valence-corrected chi connectivity index (χ4v) is 6.16. The molecule has 0 aromatic heterocycles. The zero-order valence-corrected chi connectivity index (χ0v) is 15.2. The van der Waals surface area contributed by atoms with E-state index in [1.54, 1.807) is 13.2 Å². The third-order valence-corrected chi connectivity index (χ3v) is 7.55. The zero-order chi connectivity index (χ0) is 17.8. The Kier molecular flexibility index (Phi) is 3.88. The lowest BCUT2D eigenvalue weighted by atomic mass is 9.53. The van der Waals surface area contributed by atoms with Gasteiger partial charge in [0.2, 0.25) is 0 Å². The predicted molar refractivity (Wildman–Crippen MR) is 97.7 cm³/mol. The zero-order valence-electron chi connectivity index (χ0n) is 15.2. The van der Waals surface area contributed by atoms with Crippen LogP contribution in [0.1, 0.15) is 49.7 Å². The van der Waals surface area contributed by atoms with Gasteiger partial charge in [-0.05, 0) is 79.2 Å². The van der Waals surface area contributed by atoms with Crippen molar-refractivity contribution in [1.29, 1.82) is 0 Å². The Morgan fingerprint density at radius 3 is 2.88 bits per heavy atom. The summed E-state index contributed by atoms with van der Waals surface area (Å²) in [4.78, 5) is 0. The number of rotatable bonds is 2. The van der Waals surface area contributed by atoms with Gasteiger partial charge in [-0.3, -0.25) is 0 Å². The Labute approximate surface area is 150 Å². The minimum atomic E-state index is -1.20. The molecule has 2 fully saturated rings. The Bertz CT molecular complexity index is 735. The average Bonchev–Trinajstić information content (AvgIpc) is 2.82. The van der Waals surface area contributed by atoms with Gasteiger partial charge < -0.3 is 14.9 Å². The van der Waals surface area contributed by atoms with Gasteiger partial charge in [-0.1, -0.05) is 19.6 Å². The van der Waals surface area contributed by atoms with Gasteiger partial charge in [0.15, 0.2) is 0 Å². The summed E-state index contributed by atoms with van der Waals surface area (Å²) in [5.41, 5.74) is 4.09. The van der Waals surface area contributed by atoms with E-state index in [1.807, 2.05) is 0 Å². The Hall–Kier alpha value is -1.54. The molecule has 4 rings (SSSR count). The van der Waals surface area contributed by atoms with Gasteiger partial charge in [-0.2, -0.15) is 0 Å². The lowest BCUT2D eigenvalue weighted by Gasteiger charge is -2.52. The van der Waals surface area contributed by atoms with Gasteiger partial charge in [-0.15, -0.1) is 5.73 Å². The second kappa shape index (κ2) is 5.74. The van der Waals surface area contributed by atoms with E-state index in [1.165, 1.54) is 11.1 Å². The third-order valence-electron chi connectivity index (χ3n) is 7.55. The number of fused-ring (bicyclic) bond motifs is 5. The molecule has 0 saturated heterocycles. The summed E-state index contributed by atoms with van der Waals surface area (Å²) >= 11 is 0. The monoisotopic (exact) mass is 340 g/mol. The van der Waals surface area contributed by atoms with Crippen LogP contribution in [-0.4, -0.2) is 29.0 Å². The Balaban J connectivity index is 1.71. The molecule has 25 heavy (non-hydrogen) atoms. The van der Waals surface area contributed by atoms with E-state index in [0.717, 1.165) is 31.4 Å². The molecule has 2 saturated carbocycles. The number of aryl methyl sites for hydroxylation is 1. The van der Waals surface area contributed by atoms with E-state index >= 15 is 0 Å². The van der Waals surface area contributed by atoms with Crippen molar-refractivity contribution in [3.63, 3.8) is 0 Å². The van der Waals surface area contributed by atoms with Crippen LogP contribution in [0.2, 0.25) is 0 Å². The van der Waals surface area contributed by atoms with Crippen LogP contribution >= 0.6 is 0 Å². The van der Waals surface area contributed by atoms with Gasteiger partial charge in [-0.25, -0.2) is 0 Å². The van der Waals surface area contributed by atoms with Gasteiger partial charge >= 0.3 is 0 Å². The highest BCUT2D eigenvalue weighted by atomic mass is 16.5. The molecule has 0 spiro atoms. The predicted octanol–water partition coefficient (Wildman–Crippen LogP) is 3.59. The van der Waals surface area contributed by atoms with E-state index in [9.17, 15) is 10.2 Å². The first-order chi connectivity index (χ1) is 11.9. The molecule has 3 heteroatoms. The van der Waals surface area contributed by atoms with Gasteiger partial charge in [0.25, 0.3) is 0 Å². The summed E-state index contributed by atoms with van der Waals surface area (Å²) in [5, 5.41) is 21.9. The van der Waals surface area contributed by atoms with E-state index in [4.69, 9.17) is 4.74 Å². The van der Waals surface area contributed by atoms with Crippen molar-refractivity contribution in [2.75, 3.05) is 7.11 Å². The van der Waals surface area contributed by atoms with Crippen molar-refractivity contribution >= 4 is 0 Å². The first-order valence-electron chi connectivity index (χ1n) is 9.39. The summed E-state index contributed by atoms with van der Waals surface area (Å²) in [6, 6.07) is 6.48. The fourth-order valence-electron chi connectivity index (χ4n) is 6.16. The number of methoxy groups -OCH3 is 1. The van der Waals surface area contributed by atoms with Crippen molar-refractivity contribution in [3.05, 3.63) is 47.7 Å². The molecule has 0 heterocycles. The Morgan fingerprint density at radius 2 is 2.16 bits per heavy atom. The van der Waals surface area contributed by atoms with Crippen molar-refractivity contribution in [1.82, 2.24) is 0 Å². The smallest absolute Gasteiger partial charge is 0.121 e. The van der Waals surface area contributed by atoms with Crippen LogP contribution in [0.15, 0.2) is 36.6 Å². The highest BCUT2D eigenvalue weighted by molar-refractivity contribution is 5.41. The number of hydrogen-bond acceptors (Lipinski definition) is 3. The molecule has 0 radical (unpaired) electrons. The first-order valence-corrected chi connectivity index (χ1v) is 9.39. The van der Waals surface area contributed by atoms with Crippen LogP contribution in [0, 0.1) is 17.3 Å². The second-order valence-corrected chi connectivity index (χ2v) is 8.36. The summed E-state index contributed by atoms with van der Waals surface area (Å²) in [6.45, 7) is 5.79. The van der Waals surface area contributed by atoms with E-state index < -0.39 is 11.7 Å². The maximum Gasteiger partial charge on any atom is 0.121 e. The average molecular weight is 340 g/mol. The topological polar surface area (TPSA) is 49.7 Å². The summed E-state index contributed by atoms with van der Waals surface area (Å²) in [7, 11) is 1.72. The number of hydrogen-bond donors (Lipinski definition) is 2. The van der Waals surface area contributed by atoms with Crippen LogP contribution in [0.4, 0.5) is 0 Å². The molecule has 3 aliphatic rings. The van der Waals surface area contributed by atoms with Crippen LogP contribution in [-0.2, 0) is 6.42 Å². The molecule has 3 aliphatic carbocycles. The maximum absolute atomic E-state index is 11.2. The summed E-state index contributed by atoms with van der Waals surface area (Å²) < 4.78 is 5.39. The van der Waals surface area contributed by atoms with Crippen LogP contribution in [0.3, 0.4) is 0 Å². The summed E-state index contributed by atoms with van der Waals surface area (Å²) in [5.74, 6) is 2.29. The molecule has 0 amide bonds. The van der Waals surface area contributed by atoms with E-state index in [-0.39, 0.29) is 5.41 Å². The third kappa shape index (κ3) is 2.19. The quantitative estimate of drug-likeness (QED) is 0.809. The van der Waals surface area contributed by atoms with Crippen molar-refractivity contribution in [3.8, 4) is 5.75 Å². The second-order valence-electron chi connectivity index (χ2n) is 8.36. The number of aliphatic hydroxyl groups is 2.